The van der Waals surface area contributed by atoms with Crippen LogP contribution in [0.25, 0.3) is 11.5 Å². The molecule has 0 bridgehead atoms. The minimum Gasteiger partial charge on any atom is -0.463 e. The maximum atomic E-state index is 13.8. The van der Waals surface area contributed by atoms with Crippen LogP contribution in [0.3, 0.4) is 0 Å². The third-order valence-electron chi connectivity index (χ3n) is 6.28. The third kappa shape index (κ3) is 3.79. The first-order valence-corrected chi connectivity index (χ1v) is 11.2. The normalized spacial score (nSPS) is 17.5. The molecule has 34 heavy (non-hydrogen) atoms. The van der Waals surface area contributed by atoms with Crippen LogP contribution in [0.5, 0.6) is 0 Å². The smallest absolute Gasteiger partial charge is 0.277 e. The second kappa shape index (κ2) is 8.33. The molecule has 7 nitrogen and oxygen atoms in total. The van der Waals surface area contributed by atoms with E-state index in [0.717, 1.165) is 16.7 Å². The highest BCUT2D eigenvalue weighted by molar-refractivity contribution is 6.12. The Morgan fingerprint density at radius 1 is 1.06 bits per heavy atom. The van der Waals surface area contributed by atoms with Crippen molar-refractivity contribution in [3.63, 3.8) is 0 Å². The van der Waals surface area contributed by atoms with Crippen LogP contribution >= 0.6 is 0 Å². The Hall–Kier alpha value is -4.13. The van der Waals surface area contributed by atoms with E-state index < -0.39 is 5.54 Å². The number of aryl methyl sites for hydroxylation is 2. The predicted octanol–water partition coefficient (Wildman–Crippen LogP) is 4.50. The van der Waals surface area contributed by atoms with Crippen LogP contribution < -0.4 is 10.2 Å². The van der Waals surface area contributed by atoms with E-state index in [0.29, 0.717) is 29.4 Å². The molecule has 0 aliphatic carbocycles. The summed E-state index contributed by atoms with van der Waals surface area (Å²) in [7, 11) is 0. The zero-order valence-electron chi connectivity index (χ0n) is 19.4. The van der Waals surface area contributed by atoms with Crippen LogP contribution in [0.4, 0.5) is 5.69 Å². The molecule has 0 saturated heterocycles. The average Bonchev–Trinajstić information content (AvgIpc) is 3.50. The first-order valence-electron chi connectivity index (χ1n) is 11.2. The molecule has 7 heteroatoms. The highest BCUT2D eigenvalue weighted by atomic mass is 16.3. The molecule has 1 N–H and O–H groups in total. The fourth-order valence-corrected chi connectivity index (χ4v) is 4.30. The van der Waals surface area contributed by atoms with Gasteiger partial charge in [0.25, 0.3) is 5.91 Å². The molecule has 4 aromatic rings. The number of aromatic nitrogens is 2. The molecule has 5 rings (SSSR count). The molecule has 3 heterocycles. The maximum Gasteiger partial charge on any atom is 0.277 e. The largest absolute Gasteiger partial charge is 0.463 e. The van der Waals surface area contributed by atoms with Gasteiger partial charge in [0, 0.05) is 18.3 Å². The zero-order valence-corrected chi connectivity index (χ0v) is 19.4. The molecule has 2 aromatic carbocycles. The first-order chi connectivity index (χ1) is 16.3. The van der Waals surface area contributed by atoms with Crippen molar-refractivity contribution in [2.75, 3.05) is 4.90 Å². The molecule has 1 unspecified atom stereocenters. The van der Waals surface area contributed by atoms with Gasteiger partial charge in [-0.25, -0.2) is 0 Å². The summed E-state index contributed by atoms with van der Waals surface area (Å²) in [6.07, 6.45) is 1.57. The number of benzene rings is 2. The molecule has 2 amide bonds. The molecule has 1 atom stereocenters. The molecule has 0 saturated carbocycles. The molecule has 1 aliphatic heterocycles. The lowest BCUT2D eigenvalue weighted by Gasteiger charge is -2.43. The van der Waals surface area contributed by atoms with E-state index in [1.807, 2.05) is 62.4 Å². The molecule has 0 spiro atoms. The minimum absolute atomic E-state index is 0.211. The molecular formula is C27H26N4O3. The Bertz CT molecular complexity index is 1340. The Kier molecular flexibility index (Phi) is 5.32. The lowest BCUT2D eigenvalue weighted by Crippen LogP contribution is -2.64. The van der Waals surface area contributed by atoms with Crippen molar-refractivity contribution in [2.24, 2.45) is 0 Å². The number of carbonyl (C=O) groups excluding carboxylic acids is 2. The van der Waals surface area contributed by atoms with Gasteiger partial charge in [0.05, 0.1) is 12.8 Å². The predicted molar refractivity (Wildman–Crippen MR) is 129 cm³/mol. The summed E-state index contributed by atoms with van der Waals surface area (Å²) in [5, 5.41) is 7.62. The van der Waals surface area contributed by atoms with Gasteiger partial charge in [-0.1, -0.05) is 47.5 Å². The molecule has 172 valence electrons. The summed E-state index contributed by atoms with van der Waals surface area (Å²) >= 11 is 0. The summed E-state index contributed by atoms with van der Waals surface area (Å²) < 4.78 is 7.08. The van der Waals surface area contributed by atoms with Crippen LogP contribution in [-0.4, -0.2) is 27.1 Å². The lowest BCUT2D eigenvalue weighted by molar-refractivity contribution is -0.126. The van der Waals surface area contributed by atoms with Crippen molar-refractivity contribution in [1.29, 1.82) is 0 Å². The van der Waals surface area contributed by atoms with Gasteiger partial charge in [-0.05, 0) is 50.6 Å². The number of hydrogen-bond acceptors (Lipinski definition) is 4. The van der Waals surface area contributed by atoms with Crippen molar-refractivity contribution < 1.29 is 14.0 Å². The maximum absolute atomic E-state index is 13.8. The SMILES string of the molecule is Cc1ccc(CNC(=O)C2(C)Cn3nc(-c4ccco4)cc3C(=O)N2c2ccc(C)cc2)cc1. The summed E-state index contributed by atoms with van der Waals surface area (Å²) in [6, 6.07) is 20.9. The molecule has 0 radical (unpaired) electrons. The number of carbonyl (C=O) groups is 2. The fourth-order valence-electron chi connectivity index (χ4n) is 4.30. The second-order valence-corrected chi connectivity index (χ2v) is 8.97. The van der Waals surface area contributed by atoms with E-state index >= 15 is 0 Å². The average molecular weight is 455 g/mol. The number of nitrogens with zero attached hydrogens (tertiary/aromatic N) is 3. The highest BCUT2D eigenvalue weighted by Crippen LogP contribution is 2.34. The first kappa shape index (κ1) is 21.7. The Morgan fingerprint density at radius 2 is 1.74 bits per heavy atom. The lowest BCUT2D eigenvalue weighted by atomic mass is 9.93. The van der Waals surface area contributed by atoms with Crippen molar-refractivity contribution in [2.45, 2.75) is 39.4 Å². The van der Waals surface area contributed by atoms with Gasteiger partial charge in [0.15, 0.2) is 5.76 Å². The Labute approximate surface area is 198 Å². The number of rotatable bonds is 5. The van der Waals surface area contributed by atoms with Crippen molar-refractivity contribution >= 4 is 17.5 Å². The second-order valence-electron chi connectivity index (χ2n) is 8.97. The van der Waals surface area contributed by atoms with Gasteiger partial charge in [-0.15, -0.1) is 0 Å². The molecule has 1 aliphatic rings. The monoisotopic (exact) mass is 454 g/mol. The van der Waals surface area contributed by atoms with E-state index in [2.05, 4.69) is 10.4 Å². The minimum atomic E-state index is -1.18. The standard InChI is InChI=1S/C27H26N4O3/c1-18-6-10-20(11-7-18)16-28-26(33)27(3)17-30-23(15-22(29-30)24-5-4-14-34-24)25(32)31(27)21-12-8-19(2)9-13-21/h4-15H,16-17H2,1-3H3,(H,28,33). The number of amides is 2. The van der Waals surface area contributed by atoms with Gasteiger partial charge in [0.1, 0.15) is 16.9 Å². The number of hydrogen-bond donors (Lipinski definition) is 1. The van der Waals surface area contributed by atoms with Crippen LogP contribution in [0.15, 0.2) is 77.4 Å². The molecule has 2 aromatic heterocycles. The molecular weight excluding hydrogens is 428 g/mol. The number of nitrogens with one attached hydrogen (secondary N) is 1. The zero-order chi connectivity index (χ0) is 23.9. The van der Waals surface area contributed by atoms with Crippen molar-refractivity contribution in [3.8, 4) is 11.5 Å². The van der Waals surface area contributed by atoms with Gasteiger partial charge in [-0.3, -0.25) is 19.2 Å². The van der Waals surface area contributed by atoms with E-state index in [4.69, 9.17) is 4.42 Å². The Morgan fingerprint density at radius 3 is 2.38 bits per heavy atom. The van der Waals surface area contributed by atoms with Crippen LogP contribution in [0, 0.1) is 13.8 Å². The third-order valence-corrected chi connectivity index (χ3v) is 6.28. The fraction of sp³-hybridized carbons (Fsp3) is 0.222. The van der Waals surface area contributed by atoms with Gasteiger partial charge in [0.2, 0.25) is 5.91 Å². The quantitative estimate of drug-likeness (QED) is 0.482. The summed E-state index contributed by atoms with van der Waals surface area (Å²) in [5.41, 5.74) is 3.67. The van der Waals surface area contributed by atoms with Crippen LogP contribution in [-0.2, 0) is 17.9 Å². The summed E-state index contributed by atoms with van der Waals surface area (Å²) in [4.78, 5) is 29.0. The van der Waals surface area contributed by atoms with Crippen LogP contribution in [0.1, 0.15) is 34.1 Å². The van der Waals surface area contributed by atoms with Gasteiger partial charge < -0.3 is 9.73 Å². The van der Waals surface area contributed by atoms with E-state index in [9.17, 15) is 9.59 Å². The summed E-state index contributed by atoms with van der Waals surface area (Å²) in [5.74, 6) is 0.0400. The van der Waals surface area contributed by atoms with E-state index in [1.165, 1.54) is 0 Å². The molecule has 0 fully saturated rings. The van der Waals surface area contributed by atoms with E-state index in [1.54, 1.807) is 41.0 Å². The van der Waals surface area contributed by atoms with Crippen LogP contribution in [0.2, 0.25) is 0 Å². The van der Waals surface area contributed by atoms with E-state index in [-0.39, 0.29) is 18.4 Å². The van der Waals surface area contributed by atoms with Crippen molar-refractivity contribution in [3.05, 3.63) is 95.4 Å². The van der Waals surface area contributed by atoms with Gasteiger partial charge in [-0.2, -0.15) is 5.10 Å². The topological polar surface area (TPSA) is 80.4 Å². The Balaban J connectivity index is 1.52. The highest BCUT2D eigenvalue weighted by Gasteiger charge is 2.48. The number of furan rings is 1. The number of anilines is 1. The van der Waals surface area contributed by atoms with Crippen molar-refractivity contribution in [1.82, 2.24) is 15.1 Å². The number of fused-ring (bicyclic) bond motifs is 1. The summed E-state index contributed by atoms with van der Waals surface area (Å²) in [6.45, 7) is 6.37. The van der Waals surface area contributed by atoms with Gasteiger partial charge >= 0.3 is 0 Å².